The highest BCUT2D eigenvalue weighted by molar-refractivity contribution is 5.95. The van der Waals surface area contributed by atoms with Gasteiger partial charge in [-0.2, -0.15) is 5.10 Å². The van der Waals surface area contributed by atoms with E-state index in [1.807, 2.05) is 6.07 Å². The molecule has 118 valence electrons. The molecule has 4 nitrogen and oxygen atoms in total. The second-order valence-corrected chi connectivity index (χ2v) is 5.21. The van der Waals surface area contributed by atoms with Crippen LogP contribution < -0.4 is 5.32 Å². The third kappa shape index (κ3) is 3.03. The van der Waals surface area contributed by atoms with Crippen molar-refractivity contribution < 1.29 is 18.0 Å². The number of nitrogens with one attached hydrogen (secondary N) is 2. The third-order valence-corrected chi connectivity index (χ3v) is 3.50. The molecule has 2 aromatic carbocycles. The van der Waals surface area contributed by atoms with Gasteiger partial charge in [-0.1, -0.05) is 0 Å². The summed E-state index contributed by atoms with van der Waals surface area (Å²) in [7, 11) is 0. The number of hydrogen-bond acceptors (Lipinski definition) is 2. The fourth-order valence-electron chi connectivity index (χ4n) is 2.31. The number of benzene rings is 2. The first-order chi connectivity index (χ1) is 10.9. The zero-order valence-electron chi connectivity index (χ0n) is 12.1. The lowest BCUT2D eigenvalue weighted by Gasteiger charge is -2.09. The van der Waals surface area contributed by atoms with Crippen LogP contribution >= 0.6 is 0 Å². The topological polar surface area (TPSA) is 57.8 Å². The van der Waals surface area contributed by atoms with E-state index in [0.717, 1.165) is 16.5 Å². The molecule has 0 saturated heterocycles. The van der Waals surface area contributed by atoms with Gasteiger partial charge in [-0.25, -0.2) is 13.2 Å². The number of aromatic amines is 1. The quantitative estimate of drug-likeness (QED) is 0.726. The summed E-state index contributed by atoms with van der Waals surface area (Å²) in [6.45, 7) is 1.81. The molecule has 1 amide bonds. The highest BCUT2D eigenvalue weighted by atomic mass is 19.2. The Morgan fingerprint density at radius 3 is 2.65 bits per heavy atom. The average molecular weight is 319 g/mol. The van der Waals surface area contributed by atoms with Crippen LogP contribution in [0.1, 0.15) is 11.1 Å². The lowest BCUT2D eigenvalue weighted by atomic mass is 10.1. The summed E-state index contributed by atoms with van der Waals surface area (Å²) in [5.41, 5.74) is 1.87. The van der Waals surface area contributed by atoms with Crippen LogP contribution in [-0.2, 0) is 11.2 Å². The van der Waals surface area contributed by atoms with E-state index in [9.17, 15) is 18.0 Å². The molecule has 23 heavy (non-hydrogen) atoms. The van der Waals surface area contributed by atoms with Crippen LogP contribution in [0, 0.1) is 24.4 Å². The van der Waals surface area contributed by atoms with Crippen molar-refractivity contribution in [3.63, 3.8) is 0 Å². The number of aromatic nitrogens is 2. The van der Waals surface area contributed by atoms with E-state index < -0.39 is 29.8 Å². The Balaban J connectivity index is 1.81. The Kier molecular flexibility index (Phi) is 3.77. The lowest BCUT2D eigenvalue weighted by Crippen LogP contribution is -2.16. The zero-order chi connectivity index (χ0) is 16.6. The van der Waals surface area contributed by atoms with Crippen LogP contribution in [0.2, 0.25) is 0 Å². The highest BCUT2D eigenvalue weighted by Gasteiger charge is 2.14. The van der Waals surface area contributed by atoms with Gasteiger partial charge in [0.25, 0.3) is 0 Å². The molecule has 0 saturated carbocycles. The smallest absolute Gasteiger partial charge is 0.228 e. The van der Waals surface area contributed by atoms with Gasteiger partial charge in [0.05, 0.1) is 18.1 Å². The van der Waals surface area contributed by atoms with E-state index in [1.54, 1.807) is 19.2 Å². The number of fused-ring (bicyclic) bond motifs is 1. The Hall–Kier alpha value is -2.83. The standard InChI is InChI=1S/C16H12F3N3O/c1-8-2-10-7-20-22-15(10)6-14(8)21-16(23)4-9-3-12(18)13(19)5-11(9)17/h2-3,5-7H,4H2,1H3,(H,20,22)(H,21,23). The molecule has 3 rings (SSSR count). The van der Waals surface area contributed by atoms with Crippen LogP contribution in [0.25, 0.3) is 10.9 Å². The Morgan fingerprint density at radius 2 is 1.87 bits per heavy atom. The summed E-state index contributed by atoms with van der Waals surface area (Å²) in [5.74, 6) is -3.96. The minimum Gasteiger partial charge on any atom is -0.325 e. The highest BCUT2D eigenvalue weighted by Crippen LogP contribution is 2.22. The number of carbonyl (C=O) groups is 1. The summed E-state index contributed by atoms with van der Waals surface area (Å²) in [5, 5.41) is 10.2. The van der Waals surface area contributed by atoms with Crippen molar-refractivity contribution in [1.82, 2.24) is 10.2 Å². The third-order valence-electron chi connectivity index (χ3n) is 3.50. The maximum atomic E-state index is 13.6. The number of amides is 1. The van der Waals surface area contributed by atoms with Gasteiger partial charge in [-0.3, -0.25) is 9.89 Å². The van der Waals surface area contributed by atoms with Gasteiger partial charge in [-0.05, 0) is 30.7 Å². The molecular weight excluding hydrogens is 307 g/mol. The van der Waals surface area contributed by atoms with Crippen LogP contribution in [-0.4, -0.2) is 16.1 Å². The molecule has 0 bridgehead atoms. The number of aryl methyl sites for hydroxylation is 1. The molecule has 1 aromatic heterocycles. The van der Waals surface area contributed by atoms with Crippen molar-refractivity contribution in [2.24, 2.45) is 0 Å². The molecule has 0 unspecified atom stereocenters. The summed E-state index contributed by atoms with van der Waals surface area (Å²) >= 11 is 0. The Bertz CT molecular complexity index is 905. The molecule has 0 fully saturated rings. The summed E-state index contributed by atoms with van der Waals surface area (Å²) in [4.78, 5) is 12.0. The molecular formula is C16H12F3N3O. The number of carbonyl (C=O) groups excluding carboxylic acids is 1. The van der Waals surface area contributed by atoms with Crippen molar-refractivity contribution in [2.45, 2.75) is 13.3 Å². The maximum Gasteiger partial charge on any atom is 0.228 e. The van der Waals surface area contributed by atoms with Crippen molar-refractivity contribution in [3.05, 3.63) is 59.0 Å². The Labute approximate surface area is 129 Å². The predicted molar refractivity (Wildman–Crippen MR) is 79.5 cm³/mol. The SMILES string of the molecule is Cc1cc2cn[nH]c2cc1NC(=O)Cc1cc(F)c(F)cc1F. The number of nitrogens with zero attached hydrogens (tertiary/aromatic N) is 1. The van der Waals surface area contributed by atoms with E-state index in [4.69, 9.17) is 0 Å². The fraction of sp³-hybridized carbons (Fsp3) is 0.125. The van der Waals surface area contributed by atoms with Crippen LogP contribution in [0.5, 0.6) is 0 Å². The number of halogens is 3. The molecule has 0 aliphatic rings. The molecule has 0 aliphatic carbocycles. The normalized spacial score (nSPS) is 11.0. The lowest BCUT2D eigenvalue weighted by molar-refractivity contribution is -0.115. The number of rotatable bonds is 3. The maximum absolute atomic E-state index is 13.6. The molecule has 0 radical (unpaired) electrons. The number of H-pyrrole nitrogens is 1. The van der Waals surface area contributed by atoms with Crippen LogP contribution in [0.3, 0.4) is 0 Å². The molecule has 0 spiro atoms. The van der Waals surface area contributed by atoms with Gasteiger partial charge in [-0.15, -0.1) is 0 Å². The molecule has 0 aliphatic heterocycles. The molecule has 3 aromatic rings. The van der Waals surface area contributed by atoms with E-state index in [2.05, 4.69) is 15.5 Å². The van der Waals surface area contributed by atoms with Gasteiger partial charge < -0.3 is 5.32 Å². The minimum atomic E-state index is -1.29. The minimum absolute atomic E-state index is 0.207. The van der Waals surface area contributed by atoms with Crippen LogP contribution in [0.4, 0.5) is 18.9 Å². The van der Waals surface area contributed by atoms with Crippen molar-refractivity contribution in [1.29, 1.82) is 0 Å². The van der Waals surface area contributed by atoms with Gasteiger partial charge >= 0.3 is 0 Å². The molecule has 7 heteroatoms. The second-order valence-electron chi connectivity index (χ2n) is 5.21. The number of hydrogen-bond donors (Lipinski definition) is 2. The van der Waals surface area contributed by atoms with Crippen molar-refractivity contribution in [3.8, 4) is 0 Å². The van der Waals surface area contributed by atoms with Gasteiger partial charge in [0.2, 0.25) is 5.91 Å². The monoisotopic (exact) mass is 319 g/mol. The zero-order valence-corrected chi connectivity index (χ0v) is 12.1. The van der Waals surface area contributed by atoms with E-state index in [0.29, 0.717) is 17.8 Å². The molecule has 0 atom stereocenters. The van der Waals surface area contributed by atoms with Crippen molar-refractivity contribution in [2.75, 3.05) is 5.32 Å². The summed E-state index contributed by atoms with van der Waals surface area (Å²) < 4.78 is 39.6. The Morgan fingerprint density at radius 1 is 1.13 bits per heavy atom. The number of anilines is 1. The van der Waals surface area contributed by atoms with E-state index >= 15 is 0 Å². The first-order valence-corrected chi connectivity index (χ1v) is 6.81. The van der Waals surface area contributed by atoms with E-state index in [-0.39, 0.29) is 5.56 Å². The van der Waals surface area contributed by atoms with Gasteiger partial charge in [0, 0.05) is 22.7 Å². The average Bonchev–Trinajstić information content (AvgIpc) is 2.92. The van der Waals surface area contributed by atoms with E-state index in [1.165, 1.54) is 0 Å². The van der Waals surface area contributed by atoms with Gasteiger partial charge in [0.1, 0.15) is 5.82 Å². The second kappa shape index (κ2) is 5.75. The van der Waals surface area contributed by atoms with Crippen molar-refractivity contribution >= 4 is 22.5 Å². The summed E-state index contributed by atoms with van der Waals surface area (Å²) in [6, 6.07) is 4.67. The predicted octanol–water partition coefficient (Wildman–Crippen LogP) is 3.47. The van der Waals surface area contributed by atoms with Gasteiger partial charge in [0.15, 0.2) is 11.6 Å². The molecule has 2 N–H and O–H groups in total. The summed E-state index contributed by atoms with van der Waals surface area (Å²) in [6.07, 6.45) is 1.26. The first kappa shape index (κ1) is 15.1. The fourth-order valence-corrected chi connectivity index (χ4v) is 2.31. The first-order valence-electron chi connectivity index (χ1n) is 6.81. The van der Waals surface area contributed by atoms with Crippen LogP contribution in [0.15, 0.2) is 30.5 Å². The molecule has 1 heterocycles. The largest absolute Gasteiger partial charge is 0.325 e.